The summed E-state index contributed by atoms with van der Waals surface area (Å²) in [5.74, 6) is -3.24. The number of methoxy groups -OCH3 is 1. The first-order valence-corrected chi connectivity index (χ1v) is 8.60. The summed E-state index contributed by atoms with van der Waals surface area (Å²) in [7, 11) is 1.01. The van der Waals surface area contributed by atoms with Crippen LogP contribution in [-0.4, -0.2) is 36.2 Å². The van der Waals surface area contributed by atoms with Crippen molar-refractivity contribution in [1.29, 1.82) is 0 Å². The fraction of sp³-hybridized carbons (Fsp3) is 0.267. The van der Waals surface area contributed by atoms with Gasteiger partial charge >= 0.3 is 18.1 Å². The maximum Gasteiger partial charge on any atom is 0.471 e. The van der Waals surface area contributed by atoms with Gasteiger partial charge < -0.3 is 10.1 Å². The second-order valence-corrected chi connectivity index (χ2v) is 6.72. The molecule has 1 aromatic carbocycles. The van der Waals surface area contributed by atoms with Crippen molar-refractivity contribution in [2.45, 2.75) is 18.6 Å². The topological polar surface area (TPSA) is 68.3 Å². The smallest absolute Gasteiger partial charge is 0.467 e. The highest BCUT2D eigenvalue weighted by Gasteiger charge is 2.41. The van der Waals surface area contributed by atoms with Gasteiger partial charge in [0.15, 0.2) is 0 Å². The van der Waals surface area contributed by atoms with Gasteiger partial charge in [-0.2, -0.15) is 13.2 Å². The number of ether oxygens (including phenoxy) is 1. The predicted octanol–water partition coefficient (Wildman–Crippen LogP) is 3.88. The number of thiazole rings is 1. The number of rotatable bonds is 5. The molecule has 0 bridgehead atoms. The fourth-order valence-corrected chi connectivity index (χ4v) is 3.40. The third kappa shape index (κ3) is 5.09. The van der Waals surface area contributed by atoms with Gasteiger partial charge in [0.05, 0.1) is 17.8 Å². The number of hydrogen-bond donors (Lipinski definition) is 1. The van der Waals surface area contributed by atoms with Crippen LogP contribution in [0.2, 0.25) is 10.0 Å². The highest BCUT2D eigenvalue weighted by molar-refractivity contribution is 7.13. The van der Waals surface area contributed by atoms with Crippen LogP contribution in [0.15, 0.2) is 23.6 Å². The zero-order valence-corrected chi connectivity index (χ0v) is 15.4. The lowest BCUT2D eigenvalue weighted by molar-refractivity contribution is -0.175. The molecule has 11 heteroatoms. The molecule has 0 saturated carbocycles. The summed E-state index contributed by atoms with van der Waals surface area (Å²) >= 11 is 13.1. The van der Waals surface area contributed by atoms with Crippen LogP contribution in [0.5, 0.6) is 0 Å². The normalized spacial score (nSPS) is 12.5. The molecule has 1 heterocycles. The van der Waals surface area contributed by atoms with E-state index in [1.54, 1.807) is 22.8 Å². The van der Waals surface area contributed by atoms with Crippen LogP contribution in [0.25, 0.3) is 10.6 Å². The molecule has 1 atom stereocenters. The lowest BCUT2D eigenvalue weighted by Gasteiger charge is -2.16. The average molecular weight is 427 g/mol. The van der Waals surface area contributed by atoms with E-state index in [2.05, 4.69) is 9.72 Å². The Morgan fingerprint density at radius 2 is 2.04 bits per heavy atom. The Labute approximate surface area is 160 Å². The highest BCUT2D eigenvalue weighted by Crippen LogP contribution is 2.32. The Balaban J connectivity index is 2.20. The number of esters is 1. The number of alkyl halides is 3. The predicted molar refractivity (Wildman–Crippen MR) is 91.3 cm³/mol. The SMILES string of the molecule is COC(=O)C(Cc1csc(-c2ccc(Cl)cc2Cl)n1)NC(=O)C(F)(F)F. The first kappa shape index (κ1) is 20.5. The Morgan fingerprint density at radius 1 is 1.35 bits per heavy atom. The average Bonchev–Trinajstić information content (AvgIpc) is 3.00. The van der Waals surface area contributed by atoms with E-state index < -0.39 is 24.1 Å². The summed E-state index contributed by atoms with van der Waals surface area (Å²) in [6.45, 7) is 0. The Morgan fingerprint density at radius 3 is 2.62 bits per heavy atom. The van der Waals surface area contributed by atoms with Crippen molar-refractivity contribution in [3.63, 3.8) is 0 Å². The second-order valence-electron chi connectivity index (χ2n) is 5.02. The van der Waals surface area contributed by atoms with E-state index in [4.69, 9.17) is 23.2 Å². The van der Waals surface area contributed by atoms with Gasteiger partial charge in [-0.05, 0) is 18.2 Å². The molecule has 1 aromatic heterocycles. The molecule has 2 aromatic rings. The summed E-state index contributed by atoms with van der Waals surface area (Å²) in [4.78, 5) is 27.0. The van der Waals surface area contributed by atoms with Crippen LogP contribution in [0.1, 0.15) is 5.69 Å². The minimum absolute atomic E-state index is 0.268. The van der Waals surface area contributed by atoms with Gasteiger partial charge in [0.25, 0.3) is 0 Å². The van der Waals surface area contributed by atoms with Crippen LogP contribution in [0, 0.1) is 0 Å². The van der Waals surface area contributed by atoms with Crippen molar-refractivity contribution in [1.82, 2.24) is 10.3 Å². The van der Waals surface area contributed by atoms with Crippen LogP contribution < -0.4 is 5.32 Å². The van der Waals surface area contributed by atoms with Crippen LogP contribution in [0.4, 0.5) is 13.2 Å². The molecule has 1 N–H and O–H groups in total. The van der Waals surface area contributed by atoms with Gasteiger partial charge in [-0.25, -0.2) is 9.78 Å². The lowest BCUT2D eigenvalue weighted by atomic mass is 10.1. The lowest BCUT2D eigenvalue weighted by Crippen LogP contribution is -2.48. The molecular weight excluding hydrogens is 416 g/mol. The Bertz CT molecular complexity index is 827. The first-order chi connectivity index (χ1) is 12.1. The van der Waals surface area contributed by atoms with Gasteiger partial charge in [-0.3, -0.25) is 4.79 Å². The molecule has 0 aliphatic heterocycles. The van der Waals surface area contributed by atoms with Crippen LogP contribution >= 0.6 is 34.5 Å². The number of aromatic nitrogens is 1. The Hall–Kier alpha value is -1.84. The van der Waals surface area contributed by atoms with E-state index in [1.165, 1.54) is 17.4 Å². The monoisotopic (exact) mass is 426 g/mol. The van der Waals surface area contributed by atoms with E-state index in [0.29, 0.717) is 26.3 Å². The number of carbonyl (C=O) groups is 2. The van der Waals surface area contributed by atoms with E-state index in [0.717, 1.165) is 7.11 Å². The number of benzene rings is 1. The summed E-state index contributed by atoms with van der Waals surface area (Å²) in [5, 5.41) is 4.45. The minimum atomic E-state index is -5.11. The number of hydrogen-bond acceptors (Lipinski definition) is 5. The number of nitrogens with zero attached hydrogens (tertiary/aromatic N) is 1. The maximum absolute atomic E-state index is 12.4. The first-order valence-electron chi connectivity index (χ1n) is 6.97. The summed E-state index contributed by atoms with van der Waals surface area (Å²) < 4.78 is 41.7. The Kier molecular flexibility index (Phi) is 6.48. The molecule has 5 nitrogen and oxygen atoms in total. The molecule has 26 heavy (non-hydrogen) atoms. The zero-order chi connectivity index (χ0) is 19.5. The number of halogens is 5. The van der Waals surface area contributed by atoms with E-state index in [9.17, 15) is 22.8 Å². The van der Waals surface area contributed by atoms with Crippen molar-refractivity contribution < 1.29 is 27.5 Å². The minimum Gasteiger partial charge on any atom is -0.467 e. The number of nitrogens with one attached hydrogen (secondary N) is 1. The number of carbonyl (C=O) groups excluding carboxylic acids is 2. The molecule has 140 valence electrons. The summed E-state index contributed by atoms with van der Waals surface area (Å²) in [5.41, 5.74) is 0.884. The molecule has 2 rings (SSSR count). The molecule has 0 aliphatic rings. The van der Waals surface area contributed by atoms with Gasteiger partial charge in [-0.15, -0.1) is 11.3 Å². The van der Waals surface area contributed by atoms with Gasteiger partial charge in [0.2, 0.25) is 0 Å². The quantitative estimate of drug-likeness (QED) is 0.736. The second kappa shape index (κ2) is 8.24. The largest absolute Gasteiger partial charge is 0.471 e. The van der Waals surface area contributed by atoms with E-state index in [-0.39, 0.29) is 6.42 Å². The van der Waals surface area contributed by atoms with Crippen molar-refractivity contribution in [3.05, 3.63) is 39.3 Å². The summed E-state index contributed by atoms with van der Waals surface area (Å²) in [6, 6.07) is 3.27. The molecule has 0 fully saturated rings. The highest BCUT2D eigenvalue weighted by atomic mass is 35.5. The van der Waals surface area contributed by atoms with Crippen LogP contribution in [-0.2, 0) is 20.7 Å². The molecule has 0 spiro atoms. The molecule has 0 saturated heterocycles. The molecule has 0 radical (unpaired) electrons. The molecule has 1 unspecified atom stereocenters. The van der Waals surface area contributed by atoms with Gasteiger partial charge in [0.1, 0.15) is 11.0 Å². The van der Waals surface area contributed by atoms with Crippen LogP contribution in [0.3, 0.4) is 0 Å². The third-order valence-electron chi connectivity index (χ3n) is 3.18. The van der Waals surface area contributed by atoms with E-state index in [1.807, 2.05) is 0 Å². The molecule has 1 amide bonds. The van der Waals surface area contributed by atoms with Crippen molar-refractivity contribution >= 4 is 46.4 Å². The van der Waals surface area contributed by atoms with Gasteiger partial charge in [-0.1, -0.05) is 23.2 Å². The van der Waals surface area contributed by atoms with Gasteiger partial charge in [0, 0.05) is 22.4 Å². The van der Waals surface area contributed by atoms with Crippen molar-refractivity contribution in [3.8, 4) is 10.6 Å². The third-order valence-corrected chi connectivity index (χ3v) is 4.65. The number of amides is 1. The van der Waals surface area contributed by atoms with Crippen molar-refractivity contribution in [2.24, 2.45) is 0 Å². The zero-order valence-electron chi connectivity index (χ0n) is 13.1. The fourth-order valence-electron chi connectivity index (χ4n) is 1.97. The van der Waals surface area contributed by atoms with Crippen molar-refractivity contribution in [2.75, 3.05) is 7.11 Å². The standard InChI is InChI=1S/C15H11Cl2F3N2O3S/c1-25-13(23)11(22-14(24)15(18,19)20)5-8-6-26-12(21-8)9-3-2-7(16)4-10(9)17/h2-4,6,11H,5H2,1H3,(H,22,24). The van der Waals surface area contributed by atoms with E-state index >= 15 is 0 Å². The summed E-state index contributed by atoms with van der Waals surface area (Å²) in [6.07, 6.45) is -5.38. The maximum atomic E-state index is 12.4. The molecular formula is C15H11Cl2F3N2O3S. The molecule has 0 aliphatic carbocycles.